The van der Waals surface area contributed by atoms with Crippen LogP contribution in [0.25, 0.3) is 0 Å². The van der Waals surface area contributed by atoms with Gasteiger partial charge in [-0.3, -0.25) is 0 Å². The molecule has 27 heavy (non-hydrogen) atoms. The summed E-state index contributed by atoms with van der Waals surface area (Å²) in [6, 6.07) is 4.67. The van der Waals surface area contributed by atoms with Crippen LogP contribution in [0.2, 0.25) is 0 Å². The molecule has 1 aromatic rings. The minimum Gasteiger partial charge on any atom is -0.493 e. The molecule has 144 valence electrons. The fourth-order valence-corrected chi connectivity index (χ4v) is 5.95. The molecule has 1 aromatic carbocycles. The highest BCUT2D eigenvalue weighted by molar-refractivity contribution is 5.93. The SMILES string of the molecule is COc1ccc2c3c1OC1/C(=N/OCC(=O)O)CC[C@H]4[C@@H](C2)N(C)CC[C@]314. The lowest BCUT2D eigenvalue weighted by atomic mass is 9.51. The molecule has 1 N–H and O–H groups in total. The van der Waals surface area contributed by atoms with Gasteiger partial charge in [-0.15, -0.1) is 0 Å². The molecule has 1 unspecified atom stereocenters. The van der Waals surface area contributed by atoms with Crippen LogP contribution in [0, 0.1) is 5.92 Å². The third-order valence-electron chi connectivity index (χ3n) is 6.98. The molecule has 2 aliphatic heterocycles. The molecule has 4 aliphatic rings. The fraction of sp³-hybridized carbons (Fsp3) is 0.600. The number of likely N-dealkylation sites (N-methyl/N-ethyl adjacent to an activating group) is 1. The smallest absolute Gasteiger partial charge is 0.344 e. The Balaban J connectivity index is 1.64. The van der Waals surface area contributed by atoms with Crippen molar-refractivity contribution in [3.63, 3.8) is 0 Å². The molecule has 5 rings (SSSR count). The van der Waals surface area contributed by atoms with Gasteiger partial charge in [-0.1, -0.05) is 11.2 Å². The lowest BCUT2D eigenvalue weighted by Crippen LogP contribution is -2.65. The second kappa shape index (κ2) is 5.86. The van der Waals surface area contributed by atoms with Crippen molar-refractivity contribution in [1.29, 1.82) is 0 Å². The maximum absolute atomic E-state index is 10.8. The van der Waals surface area contributed by atoms with E-state index in [9.17, 15) is 4.79 Å². The monoisotopic (exact) mass is 372 g/mol. The topological polar surface area (TPSA) is 80.6 Å². The lowest BCUT2D eigenvalue weighted by molar-refractivity contribution is -0.142. The highest BCUT2D eigenvalue weighted by Crippen LogP contribution is 2.63. The van der Waals surface area contributed by atoms with Crippen molar-refractivity contribution < 1.29 is 24.2 Å². The Morgan fingerprint density at radius 2 is 2.33 bits per heavy atom. The number of nitrogens with zero attached hydrogens (tertiary/aromatic N) is 2. The number of carboxylic acid groups (broad SMARTS) is 1. The molecule has 0 radical (unpaired) electrons. The van der Waals surface area contributed by atoms with Crippen LogP contribution in [-0.2, 0) is 21.5 Å². The number of carbonyl (C=O) groups is 1. The van der Waals surface area contributed by atoms with Gasteiger partial charge < -0.3 is 24.3 Å². The van der Waals surface area contributed by atoms with E-state index in [1.807, 2.05) is 6.07 Å². The van der Waals surface area contributed by atoms with E-state index in [0.29, 0.717) is 12.0 Å². The number of methoxy groups -OCH3 is 1. The van der Waals surface area contributed by atoms with E-state index in [2.05, 4.69) is 23.2 Å². The molecule has 1 spiro atoms. The van der Waals surface area contributed by atoms with Gasteiger partial charge in [0.2, 0.25) is 6.61 Å². The number of hydrogen-bond acceptors (Lipinski definition) is 6. The van der Waals surface area contributed by atoms with Crippen molar-refractivity contribution in [3.05, 3.63) is 23.3 Å². The first-order valence-corrected chi connectivity index (χ1v) is 9.54. The summed E-state index contributed by atoms with van der Waals surface area (Å²) in [6.45, 7) is 0.583. The highest BCUT2D eigenvalue weighted by atomic mass is 16.6. The van der Waals surface area contributed by atoms with Gasteiger partial charge in [-0.05, 0) is 56.8 Å². The third kappa shape index (κ3) is 2.18. The Labute approximate surface area is 157 Å². The summed E-state index contributed by atoms with van der Waals surface area (Å²) in [7, 11) is 3.89. The second-order valence-corrected chi connectivity index (χ2v) is 8.07. The van der Waals surface area contributed by atoms with Crippen molar-refractivity contribution in [3.8, 4) is 11.5 Å². The molecule has 7 heteroatoms. The van der Waals surface area contributed by atoms with Gasteiger partial charge in [0.15, 0.2) is 17.6 Å². The van der Waals surface area contributed by atoms with Gasteiger partial charge in [0.05, 0.1) is 12.8 Å². The number of piperidine rings is 1. The van der Waals surface area contributed by atoms with Crippen LogP contribution in [-0.4, -0.2) is 61.1 Å². The zero-order valence-corrected chi connectivity index (χ0v) is 15.6. The first kappa shape index (κ1) is 16.9. The highest BCUT2D eigenvalue weighted by Gasteiger charge is 2.65. The number of likely N-dealkylation sites (tertiary alicyclic amines) is 1. The number of hydrogen-bond donors (Lipinski definition) is 1. The number of carboxylic acids is 1. The van der Waals surface area contributed by atoms with Crippen LogP contribution in [0.4, 0.5) is 0 Å². The van der Waals surface area contributed by atoms with E-state index in [4.69, 9.17) is 19.4 Å². The zero-order chi connectivity index (χ0) is 18.8. The van der Waals surface area contributed by atoms with Crippen LogP contribution >= 0.6 is 0 Å². The standard InChI is InChI=1S/C20H24N2O5/c1-22-8-7-20-12-4-5-13(21-26-10-16(23)24)19(20)27-18-15(25-2)6-3-11(17(18)20)9-14(12)22/h3,6,12,14,19H,4-5,7-10H2,1-2H3,(H,23,24)/b21-13+/t12-,14+,19?,20-/m0/s1. The van der Waals surface area contributed by atoms with Crippen LogP contribution in [0.5, 0.6) is 11.5 Å². The van der Waals surface area contributed by atoms with Crippen molar-refractivity contribution in [2.24, 2.45) is 11.1 Å². The predicted molar refractivity (Wildman–Crippen MR) is 97.6 cm³/mol. The largest absolute Gasteiger partial charge is 0.493 e. The molecule has 1 saturated carbocycles. The van der Waals surface area contributed by atoms with Crippen molar-refractivity contribution in [2.75, 3.05) is 27.3 Å². The lowest BCUT2D eigenvalue weighted by Gasteiger charge is -2.57. The summed E-state index contributed by atoms with van der Waals surface area (Å²) in [5.41, 5.74) is 3.35. The molecule has 1 saturated heterocycles. The maximum atomic E-state index is 10.8. The molecule has 0 amide bonds. The Morgan fingerprint density at radius 1 is 1.48 bits per heavy atom. The van der Waals surface area contributed by atoms with E-state index >= 15 is 0 Å². The van der Waals surface area contributed by atoms with E-state index in [0.717, 1.165) is 49.4 Å². The molecule has 2 aliphatic carbocycles. The number of oxime groups is 1. The molecule has 2 bridgehead atoms. The number of benzene rings is 1. The van der Waals surface area contributed by atoms with E-state index in [1.165, 1.54) is 11.1 Å². The van der Waals surface area contributed by atoms with Gasteiger partial charge in [0.25, 0.3) is 0 Å². The average molecular weight is 372 g/mol. The second-order valence-electron chi connectivity index (χ2n) is 8.07. The van der Waals surface area contributed by atoms with Crippen LogP contribution in [0.1, 0.15) is 30.4 Å². The van der Waals surface area contributed by atoms with Gasteiger partial charge in [0, 0.05) is 17.0 Å². The summed E-state index contributed by atoms with van der Waals surface area (Å²) in [5.74, 6) is 1.09. The normalized spacial score (nSPS) is 34.7. The zero-order valence-electron chi connectivity index (χ0n) is 15.6. The van der Waals surface area contributed by atoms with Crippen LogP contribution in [0.3, 0.4) is 0 Å². The molecule has 4 atom stereocenters. The first-order valence-electron chi connectivity index (χ1n) is 9.54. The third-order valence-corrected chi connectivity index (χ3v) is 6.98. The number of rotatable bonds is 4. The number of ether oxygens (including phenoxy) is 2. The van der Waals surface area contributed by atoms with Gasteiger partial charge in [0.1, 0.15) is 0 Å². The summed E-state index contributed by atoms with van der Waals surface area (Å²) in [6.07, 6.45) is 3.62. The summed E-state index contributed by atoms with van der Waals surface area (Å²) >= 11 is 0. The summed E-state index contributed by atoms with van der Waals surface area (Å²) in [4.78, 5) is 18.4. The van der Waals surface area contributed by atoms with Crippen molar-refractivity contribution in [2.45, 2.75) is 43.2 Å². The van der Waals surface area contributed by atoms with Crippen molar-refractivity contribution >= 4 is 11.7 Å². The minimum atomic E-state index is -1.03. The first-order chi connectivity index (χ1) is 13.1. The fourth-order valence-electron chi connectivity index (χ4n) is 5.95. The molecular weight excluding hydrogens is 348 g/mol. The molecule has 2 fully saturated rings. The van der Waals surface area contributed by atoms with Crippen molar-refractivity contribution in [1.82, 2.24) is 4.90 Å². The Morgan fingerprint density at radius 3 is 3.11 bits per heavy atom. The van der Waals surface area contributed by atoms with Crippen LogP contribution < -0.4 is 9.47 Å². The molecular formula is C20H24N2O5. The average Bonchev–Trinajstić information content (AvgIpc) is 3.00. The van der Waals surface area contributed by atoms with Gasteiger partial charge in [-0.2, -0.15) is 0 Å². The molecule has 7 nitrogen and oxygen atoms in total. The van der Waals surface area contributed by atoms with Gasteiger partial charge in [-0.25, -0.2) is 4.79 Å². The number of aliphatic carboxylic acids is 1. The summed E-state index contributed by atoms with van der Waals surface area (Å²) < 4.78 is 12.1. The Hall–Kier alpha value is -2.28. The Kier molecular flexibility index (Phi) is 3.66. The molecule has 0 aromatic heterocycles. The Bertz CT molecular complexity index is 838. The van der Waals surface area contributed by atoms with Crippen LogP contribution in [0.15, 0.2) is 17.3 Å². The molecule has 2 heterocycles. The minimum absolute atomic E-state index is 0.113. The maximum Gasteiger partial charge on any atom is 0.344 e. The quantitative estimate of drug-likeness (QED) is 0.812. The van der Waals surface area contributed by atoms with E-state index < -0.39 is 12.6 Å². The summed E-state index contributed by atoms with van der Waals surface area (Å²) in [5, 5.41) is 13.1. The predicted octanol–water partition coefficient (Wildman–Crippen LogP) is 1.82. The van der Waals surface area contributed by atoms with Gasteiger partial charge >= 0.3 is 5.97 Å². The van der Waals surface area contributed by atoms with E-state index in [-0.39, 0.29) is 11.5 Å². The van der Waals surface area contributed by atoms with E-state index in [1.54, 1.807) is 7.11 Å².